The maximum Gasteiger partial charge on any atom is 0.317 e. The van der Waals surface area contributed by atoms with Crippen molar-refractivity contribution in [1.29, 1.82) is 0 Å². The molecule has 2 heterocycles. The second-order valence-electron chi connectivity index (χ2n) is 6.06. The minimum atomic E-state index is -0.0814. The molecule has 0 bridgehead atoms. The van der Waals surface area contributed by atoms with Gasteiger partial charge in [-0.15, -0.1) is 0 Å². The fraction of sp³-hybridized carbons (Fsp3) is 0.389. The van der Waals surface area contributed by atoms with Gasteiger partial charge in [-0.3, -0.25) is 0 Å². The van der Waals surface area contributed by atoms with Crippen LogP contribution >= 0.6 is 11.6 Å². The van der Waals surface area contributed by atoms with E-state index in [0.29, 0.717) is 29.8 Å². The minimum absolute atomic E-state index is 0.0515. The summed E-state index contributed by atoms with van der Waals surface area (Å²) in [5.41, 5.74) is 1.01. The molecule has 0 radical (unpaired) electrons. The summed E-state index contributed by atoms with van der Waals surface area (Å²) in [7, 11) is 0. The Balaban J connectivity index is 1.51. The molecule has 1 N–H and O–H groups in total. The number of amides is 2. The van der Waals surface area contributed by atoms with Gasteiger partial charge in [0.05, 0.1) is 6.54 Å². The van der Waals surface area contributed by atoms with Crippen LogP contribution in [0.1, 0.15) is 24.2 Å². The van der Waals surface area contributed by atoms with Crippen molar-refractivity contribution in [3.63, 3.8) is 0 Å². The molecule has 0 spiro atoms. The van der Waals surface area contributed by atoms with E-state index in [0.717, 1.165) is 24.9 Å². The molecule has 0 aliphatic carbocycles. The lowest BCUT2D eigenvalue weighted by Crippen LogP contribution is -2.48. The summed E-state index contributed by atoms with van der Waals surface area (Å²) in [6.07, 6.45) is 3.44. The number of aryl methyl sites for hydroxylation is 1. The first-order valence-corrected chi connectivity index (χ1v) is 8.71. The highest BCUT2D eigenvalue weighted by Crippen LogP contribution is 2.17. The van der Waals surface area contributed by atoms with Crippen LogP contribution in [-0.2, 0) is 6.54 Å². The van der Waals surface area contributed by atoms with Crippen molar-refractivity contribution >= 4 is 17.6 Å². The van der Waals surface area contributed by atoms with E-state index in [4.69, 9.17) is 16.3 Å². The molecule has 3 rings (SSSR count). The Labute approximate surface area is 152 Å². The molecule has 25 heavy (non-hydrogen) atoms. The first kappa shape index (κ1) is 17.5. The van der Waals surface area contributed by atoms with Crippen LogP contribution in [0.2, 0.25) is 5.02 Å². The number of nitrogens with zero attached hydrogens (tertiary/aromatic N) is 3. The van der Waals surface area contributed by atoms with Crippen molar-refractivity contribution in [3.05, 3.63) is 52.9 Å². The summed E-state index contributed by atoms with van der Waals surface area (Å²) in [6, 6.07) is 9.11. The molecule has 2 amide bonds. The Morgan fingerprint density at radius 3 is 2.92 bits per heavy atom. The number of nitrogens with one attached hydrogen (secondary N) is 1. The van der Waals surface area contributed by atoms with Crippen LogP contribution < -0.4 is 10.1 Å². The fourth-order valence-corrected chi connectivity index (χ4v) is 2.91. The van der Waals surface area contributed by atoms with Crippen molar-refractivity contribution < 1.29 is 9.53 Å². The van der Waals surface area contributed by atoms with Gasteiger partial charge in [-0.1, -0.05) is 23.7 Å². The molecule has 132 valence electrons. The van der Waals surface area contributed by atoms with E-state index >= 15 is 0 Å². The first-order valence-electron chi connectivity index (χ1n) is 8.33. The fourth-order valence-electron chi connectivity index (χ4n) is 2.78. The largest absolute Gasteiger partial charge is 0.472 e. The smallest absolute Gasteiger partial charge is 0.317 e. The van der Waals surface area contributed by atoms with Crippen LogP contribution in [0.3, 0.4) is 0 Å². The van der Waals surface area contributed by atoms with Crippen molar-refractivity contribution in [1.82, 2.24) is 20.2 Å². The maximum absolute atomic E-state index is 12.4. The second kappa shape index (κ2) is 8.16. The lowest BCUT2D eigenvalue weighted by molar-refractivity contribution is 0.0974. The summed E-state index contributed by atoms with van der Waals surface area (Å²) >= 11 is 5.87. The number of carbonyl (C=O) groups excluding carboxylic acids is 1. The molecule has 2 aromatic rings. The van der Waals surface area contributed by atoms with Crippen molar-refractivity contribution in [3.8, 4) is 5.88 Å². The Bertz CT molecular complexity index is 723. The van der Waals surface area contributed by atoms with E-state index in [1.54, 1.807) is 17.2 Å². The molecule has 1 aliphatic heterocycles. The molecule has 1 aromatic heterocycles. The Morgan fingerprint density at radius 1 is 1.36 bits per heavy atom. The monoisotopic (exact) mass is 360 g/mol. The zero-order chi connectivity index (χ0) is 17.6. The Morgan fingerprint density at radius 2 is 2.16 bits per heavy atom. The van der Waals surface area contributed by atoms with Crippen LogP contribution in [0, 0.1) is 6.92 Å². The number of urea groups is 1. The highest BCUT2D eigenvalue weighted by Gasteiger charge is 2.25. The van der Waals surface area contributed by atoms with E-state index in [2.05, 4.69) is 15.3 Å². The molecule has 7 heteroatoms. The zero-order valence-corrected chi connectivity index (χ0v) is 14.9. The van der Waals surface area contributed by atoms with Gasteiger partial charge in [0.25, 0.3) is 0 Å². The van der Waals surface area contributed by atoms with Crippen LogP contribution in [0.5, 0.6) is 5.88 Å². The number of benzene rings is 1. The van der Waals surface area contributed by atoms with Gasteiger partial charge in [0.2, 0.25) is 5.88 Å². The Hall–Kier alpha value is -2.34. The first-order chi connectivity index (χ1) is 12.1. The van der Waals surface area contributed by atoms with Gasteiger partial charge in [-0.05, 0) is 37.5 Å². The minimum Gasteiger partial charge on any atom is -0.472 e. The number of rotatable bonds is 4. The summed E-state index contributed by atoms with van der Waals surface area (Å²) < 4.78 is 5.91. The molecule has 0 saturated carbocycles. The van der Waals surface area contributed by atoms with Crippen LogP contribution in [0.15, 0.2) is 36.5 Å². The summed E-state index contributed by atoms with van der Waals surface area (Å²) in [5, 5.41) is 3.63. The van der Waals surface area contributed by atoms with Crippen LogP contribution in [0.4, 0.5) is 4.79 Å². The topological polar surface area (TPSA) is 67.3 Å². The third-order valence-electron chi connectivity index (χ3n) is 4.06. The Kier molecular flexibility index (Phi) is 5.71. The highest BCUT2D eigenvalue weighted by atomic mass is 35.5. The average molecular weight is 361 g/mol. The van der Waals surface area contributed by atoms with E-state index in [9.17, 15) is 4.79 Å². The van der Waals surface area contributed by atoms with Crippen LogP contribution in [-0.4, -0.2) is 40.1 Å². The van der Waals surface area contributed by atoms with Crippen molar-refractivity contribution in [2.45, 2.75) is 32.4 Å². The second-order valence-corrected chi connectivity index (χ2v) is 6.49. The number of piperidine rings is 1. The van der Waals surface area contributed by atoms with Crippen molar-refractivity contribution in [2.24, 2.45) is 0 Å². The van der Waals surface area contributed by atoms with E-state index in [1.165, 1.54) is 0 Å². The van der Waals surface area contributed by atoms with E-state index in [1.807, 2.05) is 31.2 Å². The van der Waals surface area contributed by atoms with E-state index in [-0.39, 0.29) is 12.1 Å². The lowest BCUT2D eigenvalue weighted by Gasteiger charge is -2.32. The molecule has 1 unspecified atom stereocenters. The average Bonchev–Trinajstić information content (AvgIpc) is 2.61. The van der Waals surface area contributed by atoms with Gasteiger partial charge in [0.1, 0.15) is 11.9 Å². The summed E-state index contributed by atoms with van der Waals surface area (Å²) in [4.78, 5) is 22.5. The predicted molar refractivity (Wildman–Crippen MR) is 95.7 cm³/mol. The molecule has 1 aliphatic rings. The SMILES string of the molecule is Cc1nccc(OC2CCCN(C(=O)NCc3ccc(Cl)cc3)C2)n1. The van der Waals surface area contributed by atoms with Gasteiger partial charge >= 0.3 is 6.03 Å². The third-order valence-corrected chi connectivity index (χ3v) is 4.31. The maximum atomic E-state index is 12.4. The van der Waals surface area contributed by atoms with Gasteiger partial charge in [-0.25, -0.2) is 9.78 Å². The van der Waals surface area contributed by atoms with Gasteiger partial charge in [0, 0.05) is 30.4 Å². The molecular formula is C18H21ClN4O2. The number of halogens is 1. The van der Waals surface area contributed by atoms with Gasteiger partial charge < -0.3 is 15.0 Å². The molecule has 1 aromatic carbocycles. The normalized spacial score (nSPS) is 17.2. The number of hydrogen-bond acceptors (Lipinski definition) is 4. The molecule has 1 atom stereocenters. The number of hydrogen-bond donors (Lipinski definition) is 1. The lowest BCUT2D eigenvalue weighted by atomic mass is 10.1. The number of carbonyl (C=O) groups is 1. The van der Waals surface area contributed by atoms with Crippen molar-refractivity contribution in [2.75, 3.05) is 13.1 Å². The van der Waals surface area contributed by atoms with Crippen LogP contribution in [0.25, 0.3) is 0 Å². The van der Waals surface area contributed by atoms with Gasteiger partial charge in [-0.2, -0.15) is 4.98 Å². The van der Waals surface area contributed by atoms with Gasteiger partial charge in [0.15, 0.2) is 0 Å². The zero-order valence-electron chi connectivity index (χ0n) is 14.1. The summed E-state index contributed by atoms with van der Waals surface area (Å²) in [6.45, 7) is 3.58. The number of ether oxygens (including phenoxy) is 1. The highest BCUT2D eigenvalue weighted by molar-refractivity contribution is 6.30. The molecule has 6 nitrogen and oxygen atoms in total. The number of aromatic nitrogens is 2. The molecule has 1 saturated heterocycles. The number of likely N-dealkylation sites (tertiary alicyclic amines) is 1. The quantitative estimate of drug-likeness (QED) is 0.909. The predicted octanol–water partition coefficient (Wildman–Crippen LogP) is 3.19. The van der Waals surface area contributed by atoms with E-state index < -0.39 is 0 Å². The third kappa shape index (κ3) is 5.06. The summed E-state index contributed by atoms with van der Waals surface area (Å²) in [5.74, 6) is 1.23. The standard InChI is InChI=1S/C18H21ClN4O2/c1-13-20-9-8-17(22-13)25-16-3-2-10-23(12-16)18(24)21-11-14-4-6-15(19)7-5-14/h4-9,16H,2-3,10-12H2,1H3,(H,21,24). The molecule has 1 fully saturated rings. The molecular weight excluding hydrogens is 340 g/mol.